The minimum atomic E-state index is -4.28. The van der Waals surface area contributed by atoms with Crippen LogP contribution in [-0.4, -0.2) is 21.5 Å². The van der Waals surface area contributed by atoms with Crippen molar-refractivity contribution in [3.63, 3.8) is 0 Å². The van der Waals surface area contributed by atoms with Crippen molar-refractivity contribution in [1.82, 2.24) is 4.72 Å². The Morgan fingerprint density at radius 2 is 2.09 bits per heavy atom. The van der Waals surface area contributed by atoms with E-state index in [1.807, 2.05) is 0 Å². The molecule has 0 aliphatic carbocycles. The highest BCUT2D eigenvalue weighted by molar-refractivity contribution is 7.89. The van der Waals surface area contributed by atoms with Gasteiger partial charge in [-0.25, -0.2) is 21.9 Å². The molecule has 1 unspecified atom stereocenters. The van der Waals surface area contributed by atoms with Crippen LogP contribution in [0.15, 0.2) is 40.6 Å². The van der Waals surface area contributed by atoms with Gasteiger partial charge in [0, 0.05) is 10.9 Å². The number of hydrogen-bond acceptors (Lipinski definition) is 5. The van der Waals surface area contributed by atoms with Gasteiger partial charge in [-0.15, -0.1) is 11.3 Å². The smallest absolute Gasteiger partial charge is 0.307 e. The SMILES string of the molecule is COC(=O)CC(NS(=O)(=O)c1ccc(F)cc1F)c1cccs1. The van der Waals surface area contributed by atoms with E-state index >= 15 is 0 Å². The van der Waals surface area contributed by atoms with Crippen molar-refractivity contribution in [2.24, 2.45) is 0 Å². The average molecular weight is 361 g/mol. The van der Waals surface area contributed by atoms with Gasteiger partial charge in [-0.05, 0) is 23.6 Å². The van der Waals surface area contributed by atoms with Gasteiger partial charge >= 0.3 is 5.97 Å². The third kappa shape index (κ3) is 4.34. The van der Waals surface area contributed by atoms with Crippen molar-refractivity contribution in [3.8, 4) is 0 Å². The molecule has 124 valence electrons. The van der Waals surface area contributed by atoms with Crippen LogP contribution in [0.3, 0.4) is 0 Å². The minimum absolute atomic E-state index is 0.251. The zero-order valence-corrected chi connectivity index (χ0v) is 13.6. The number of methoxy groups -OCH3 is 1. The van der Waals surface area contributed by atoms with Crippen LogP contribution in [0.2, 0.25) is 0 Å². The van der Waals surface area contributed by atoms with Crippen LogP contribution in [0.1, 0.15) is 17.3 Å². The molecule has 2 aromatic rings. The summed E-state index contributed by atoms with van der Waals surface area (Å²) in [5.74, 6) is -2.71. The number of sulfonamides is 1. The second-order valence-corrected chi connectivity index (χ2v) is 7.21. The summed E-state index contributed by atoms with van der Waals surface area (Å²) in [6.45, 7) is 0. The van der Waals surface area contributed by atoms with Gasteiger partial charge in [-0.3, -0.25) is 4.79 Å². The van der Waals surface area contributed by atoms with Crippen LogP contribution in [0.5, 0.6) is 0 Å². The highest BCUT2D eigenvalue weighted by atomic mass is 32.2. The average Bonchev–Trinajstić information content (AvgIpc) is 2.99. The lowest BCUT2D eigenvalue weighted by atomic mass is 10.2. The maximum absolute atomic E-state index is 13.7. The molecule has 0 fully saturated rings. The molecule has 0 spiro atoms. The van der Waals surface area contributed by atoms with Gasteiger partial charge in [0.15, 0.2) is 0 Å². The molecule has 0 saturated carbocycles. The number of esters is 1. The summed E-state index contributed by atoms with van der Waals surface area (Å²) in [6, 6.07) is 4.58. The molecule has 1 heterocycles. The van der Waals surface area contributed by atoms with Crippen molar-refractivity contribution in [1.29, 1.82) is 0 Å². The Kier molecular flexibility index (Phi) is 5.45. The van der Waals surface area contributed by atoms with Crippen LogP contribution in [0.4, 0.5) is 8.78 Å². The number of thiophene rings is 1. The first-order chi connectivity index (χ1) is 10.8. The number of carbonyl (C=O) groups is 1. The number of halogens is 2. The molecule has 1 aromatic heterocycles. The van der Waals surface area contributed by atoms with E-state index in [2.05, 4.69) is 9.46 Å². The number of rotatable bonds is 6. The van der Waals surface area contributed by atoms with Crippen molar-refractivity contribution >= 4 is 27.3 Å². The molecule has 0 aliphatic rings. The normalized spacial score (nSPS) is 12.8. The highest BCUT2D eigenvalue weighted by Crippen LogP contribution is 2.25. The van der Waals surface area contributed by atoms with Crippen LogP contribution < -0.4 is 4.72 Å². The predicted octanol–water partition coefficient (Wildman–Crippen LogP) is 2.61. The lowest BCUT2D eigenvalue weighted by Gasteiger charge is -2.17. The van der Waals surface area contributed by atoms with Crippen molar-refractivity contribution < 1.29 is 26.7 Å². The molecule has 1 atom stereocenters. The van der Waals surface area contributed by atoms with Crippen LogP contribution in [-0.2, 0) is 19.6 Å². The van der Waals surface area contributed by atoms with E-state index in [0.717, 1.165) is 12.1 Å². The first-order valence-electron chi connectivity index (χ1n) is 6.41. The highest BCUT2D eigenvalue weighted by Gasteiger charge is 2.27. The van der Waals surface area contributed by atoms with Crippen molar-refractivity contribution in [2.75, 3.05) is 7.11 Å². The van der Waals surface area contributed by atoms with Crippen LogP contribution >= 0.6 is 11.3 Å². The molecule has 0 bridgehead atoms. The molecule has 5 nitrogen and oxygen atoms in total. The van der Waals surface area contributed by atoms with Gasteiger partial charge in [-0.2, -0.15) is 0 Å². The Labute approximate surface area is 136 Å². The molecule has 0 amide bonds. The zero-order chi connectivity index (χ0) is 17.0. The van der Waals surface area contributed by atoms with E-state index in [4.69, 9.17) is 0 Å². The third-order valence-electron chi connectivity index (χ3n) is 2.97. The van der Waals surface area contributed by atoms with E-state index in [9.17, 15) is 22.0 Å². The van der Waals surface area contributed by atoms with E-state index in [-0.39, 0.29) is 6.42 Å². The Hall–Kier alpha value is -1.84. The molecule has 0 saturated heterocycles. The van der Waals surface area contributed by atoms with E-state index in [1.165, 1.54) is 18.4 Å². The first kappa shape index (κ1) is 17.5. The molecular weight excluding hydrogens is 348 g/mol. The Morgan fingerprint density at radius 3 is 2.65 bits per heavy atom. The number of nitrogens with one attached hydrogen (secondary N) is 1. The minimum Gasteiger partial charge on any atom is -0.469 e. The Bertz CT molecular complexity index is 791. The summed E-state index contributed by atoms with van der Waals surface area (Å²) < 4.78 is 58.1. The summed E-state index contributed by atoms with van der Waals surface area (Å²) in [5, 5.41) is 1.71. The largest absolute Gasteiger partial charge is 0.469 e. The van der Waals surface area contributed by atoms with E-state index in [1.54, 1.807) is 17.5 Å². The molecule has 0 aliphatic heterocycles. The molecule has 9 heteroatoms. The Morgan fingerprint density at radius 1 is 1.35 bits per heavy atom. The number of benzene rings is 1. The van der Waals surface area contributed by atoms with Gasteiger partial charge < -0.3 is 4.74 Å². The fourth-order valence-corrected chi connectivity index (χ4v) is 4.01. The van der Waals surface area contributed by atoms with Crippen molar-refractivity contribution in [2.45, 2.75) is 17.4 Å². The maximum Gasteiger partial charge on any atom is 0.307 e. The fraction of sp³-hybridized carbons (Fsp3) is 0.214. The predicted molar refractivity (Wildman–Crippen MR) is 80.4 cm³/mol. The standard InChI is InChI=1S/C14H13F2NO4S2/c1-21-14(18)8-11(12-3-2-6-22-12)17-23(19,20)13-5-4-9(15)7-10(13)16/h2-7,11,17H,8H2,1H3. The molecule has 23 heavy (non-hydrogen) atoms. The second kappa shape index (κ2) is 7.16. The summed E-state index contributed by atoms with van der Waals surface area (Å²) in [7, 11) is -3.10. The van der Waals surface area contributed by atoms with Crippen LogP contribution in [0.25, 0.3) is 0 Å². The summed E-state index contributed by atoms with van der Waals surface area (Å²) >= 11 is 1.24. The van der Waals surface area contributed by atoms with Crippen molar-refractivity contribution in [3.05, 3.63) is 52.2 Å². The third-order valence-corrected chi connectivity index (χ3v) is 5.46. The summed E-state index contributed by atoms with van der Waals surface area (Å²) in [4.78, 5) is 11.4. The molecule has 1 aromatic carbocycles. The lowest BCUT2D eigenvalue weighted by molar-refractivity contribution is -0.141. The summed E-state index contributed by atoms with van der Waals surface area (Å²) in [6.07, 6.45) is -0.251. The quantitative estimate of drug-likeness (QED) is 0.803. The maximum atomic E-state index is 13.7. The second-order valence-electron chi connectivity index (χ2n) is 4.54. The fourth-order valence-electron chi connectivity index (χ4n) is 1.88. The van der Waals surface area contributed by atoms with Gasteiger partial charge in [0.05, 0.1) is 19.6 Å². The zero-order valence-electron chi connectivity index (χ0n) is 12.0. The van der Waals surface area contributed by atoms with E-state index < -0.39 is 38.6 Å². The Balaban J connectivity index is 2.32. The van der Waals surface area contributed by atoms with E-state index in [0.29, 0.717) is 10.9 Å². The summed E-state index contributed by atoms with van der Waals surface area (Å²) in [5.41, 5.74) is 0. The first-order valence-corrected chi connectivity index (χ1v) is 8.77. The number of hydrogen-bond donors (Lipinski definition) is 1. The molecule has 1 N–H and O–H groups in total. The molecule has 0 radical (unpaired) electrons. The monoisotopic (exact) mass is 361 g/mol. The number of ether oxygens (including phenoxy) is 1. The van der Waals surface area contributed by atoms with Gasteiger partial charge in [0.1, 0.15) is 16.5 Å². The van der Waals surface area contributed by atoms with Gasteiger partial charge in [0.25, 0.3) is 0 Å². The van der Waals surface area contributed by atoms with Gasteiger partial charge in [0.2, 0.25) is 10.0 Å². The van der Waals surface area contributed by atoms with Gasteiger partial charge in [-0.1, -0.05) is 6.07 Å². The molecular formula is C14H13F2NO4S2. The number of carbonyl (C=O) groups excluding carboxylic acids is 1. The topological polar surface area (TPSA) is 72.5 Å². The lowest BCUT2D eigenvalue weighted by Crippen LogP contribution is -2.30. The molecule has 2 rings (SSSR count). The van der Waals surface area contributed by atoms with Crippen LogP contribution in [0, 0.1) is 11.6 Å².